The number of nitriles is 1. The minimum Gasteiger partial charge on any atom is -0.497 e. The molecule has 0 unspecified atom stereocenters. The molecule has 7 heteroatoms. The van der Waals surface area contributed by atoms with Gasteiger partial charge in [-0.1, -0.05) is 30.3 Å². The molecule has 0 amide bonds. The normalized spacial score (nSPS) is 16.1. The van der Waals surface area contributed by atoms with Gasteiger partial charge in [0.2, 0.25) is 0 Å². The van der Waals surface area contributed by atoms with Crippen molar-refractivity contribution in [3.05, 3.63) is 77.9 Å². The second-order valence-electron chi connectivity index (χ2n) is 10.4. The van der Waals surface area contributed by atoms with Gasteiger partial charge in [-0.2, -0.15) is 18.8 Å². The molecule has 2 aliphatic rings. The van der Waals surface area contributed by atoms with E-state index in [4.69, 9.17) is 9.47 Å². The van der Waals surface area contributed by atoms with E-state index >= 15 is 0 Å². The maximum Gasteiger partial charge on any atom is 0.303 e. The van der Waals surface area contributed by atoms with Gasteiger partial charge in [0.05, 0.1) is 31.8 Å². The molecule has 204 valence electrons. The lowest BCUT2D eigenvalue weighted by molar-refractivity contribution is -0.137. The molecular formula is C32H36N2O4S. The molecular weight excluding hydrogens is 508 g/mol. The third-order valence-corrected chi connectivity index (χ3v) is 7.86. The van der Waals surface area contributed by atoms with Crippen molar-refractivity contribution >= 4 is 25.2 Å². The molecule has 39 heavy (non-hydrogen) atoms. The first-order valence-electron chi connectivity index (χ1n) is 13.4. The number of anilines is 1. The second-order valence-corrected chi connectivity index (χ2v) is 10.4. The number of hydrogen-bond acceptors (Lipinski definition) is 5. The molecule has 1 atom stereocenters. The molecule has 1 saturated carbocycles. The molecule has 0 spiro atoms. The van der Waals surface area contributed by atoms with Crippen LogP contribution in [0.1, 0.15) is 49.1 Å². The van der Waals surface area contributed by atoms with E-state index in [0.29, 0.717) is 24.0 Å². The fraction of sp³-hybridized carbons (Fsp3) is 0.375. The fourth-order valence-electron chi connectivity index (χ4n) is 5.58. The molecule has 1 N–H and O–H groups in total. The van der Waals surface area contributed by atoms with Crippen LogP contribution in [-0.4, -0.2) is 37.9 Å². The summed E-state index contributed by atoms with van der Waals surface area (Å²) in [4.78, 5) is 13.8. The van der Waals surface area contributed by atoms with Crippen molar-refractivity contribution in [2.24, 2.45) is 11.8 Å². The number of carbonyl (C=O) groups is 1. The van der Waals surface area contributed by atoms with E-state index in [1.54, 1.807) is 7.11 Å². The first-order chi connectivity index (χ1) is 18.6. The molecule has 0 radical (unpaired) electrons. The minimum absolute atomic E-state index is 0. The van der Waals surface area contributed by atoms with Gasteiger partial charge in [-0.25, -0.2) is 0 Å². The first kappa shape index (κ1) is 28.4. The molecule has 2 fully saturated rings. The number of ether oxygens (including phenoxy) is 2. The van der Waals surface area contributed by atoms with Crippen LogP contribution in [0.25, 0.3) is 11.1 Å². The van der Waals surface area contributed by atoms with Crippen LogP contribution in [0.15, 0.2) is 66.7 Å². The number of piperidine rings is 1. The van der Waals surface area contributed by atoms with Gasteiger partial charge in [0, 0.05) is 36.0 Å². The van der Waals surface area contributed by atoms with Crippen LogP contribution in [0, 0.1) is 23.2 Å². The predicted octanol–water partition coefficient (Wildman–Crippen LogP) is 6.61. The summed E-state index contributed by atoms with van der Waals surface area (Å²) < 4.78 is 11.7. The van der Waals surface area contributed by atoms with Gasteiger partial charge < -0.3 is 19.5 Å². The minimum atomic E-state index is -0.740. The van der Waals surface area contributed by atoms with E-state index in [1.807, 2.05) is 60.7 Å². The van der Waals surface area contributed by atoms with Crippen molar-refractivity contribution in [3.8, 4) is 28.7 Å². The third-order valence-electron chi connectivity index (χ3n) is 7.86. The number of nitrogens with zero attached hydrogens (tertiary/aromatic N) is 2. The number of rotatable bonds is 10. The number of aliphatic carboxylic acids is 1. The quantitative estimate of drug-likeness (QED) is 0.309. The van der Waals surface area contributed by atoms with Gasteiger partial charge >= 0.3 is 5.97 Å². The van der Waals surface area contributed by atoms with Gasteiger partial charge in [-0.3, -0.25) is 4.79 Å². The maximum absolute atomic E-state index is 11.4. The van der Waals surface area contributed by atoms with Crippen LogP contribution in [0.3, 0.4) is 0 Å². The van der Waals surface area contributed by atoms with Gasteiger partial charge in [-0.05, 0) is 79.3 Å². The van der Waals surface area contributed by atoms with Crippen LogP contribution in [0.5, 0.6) is 11.5 Å². The Bertz CT molecular complexity index is 1330. The van der Waals surface area contributed by atoms with Crippen molar-refractivity contribution in [3.63, 3.8) is 0 Å². The first-order valence-corrected chi connectivity index (χ1v) is 13.4. The molecule has 1 heterocycles. The number of methoxy groups -OCH3 is 1. The Morgan fingerprint density at radius 3 is 2.46 bits per heavy atom. The molecule has 3 aromatic carbocycles. The van der Waals surface area contributed by atoms with Crippen LogP contribution in [0.4, 0.5) is 5.69 Å². The predicted molar refractivity (Wildman–Crippen MR) is 158 cm³/mol. The van der Waals surface area contributed by atoms with E-state index in [2.05, 4.69) is 17.0 Å². The lowest BCUT2D eigenvalue weighted by Crippen LogP contribution is -2.35. The Morgan fingerprint density at radius 1 is 1.00 bits per heavy atom. The van der Waals surface area contributed by atoms with Crippen molar-refractivity contribution < 1.29 is 19.4 Å². The Morgan fingerprint density at radius 2 is 1.77 bits per heavy atom. The van der Waals surface area contributed by atoms with Crippen molar-refractivity contribution in [2.75, 3.05) is 31.7 Å². The van der Waals surface area contributed by atoms with E-state index < -0.39 is 5.97 Å². The Hall–Kier alpha value is -3.63. The molecule has 0 bridgehead atoms. The average Bonchev–Trinajstić information content (AvgIpc) is 3.80. The standard InChI is InChI=1S/C32H34N2O4.H2S/c1-37-26-11-12-29(28-8-3-2-5-25(28)20-33)31(18-26)34-15-13-22(14-16-34)21-38-27-7-4-6-24(17-27)30(19-32(35)36)23-9-10-23;/h2-8,11-12,17-18,22-23,30H,9-10,13-16,19,21H2,1H3,(H,35,36);1H2/t30-;/m0./s1. The molecule has 1 aliphatic carbocycles. The zero-order chi connectivity index (χ0) is 26.5. The summed E-state index contributed by atoms with van der Waals surface area (Å²) >= 11 is 0. The van der Waals surface area contributed by atoms with Gasteiger partial charge in [0.25, 0.3) is 0 Å². The highest BCUT2D eigenvalue weighted by Gasteiger charge is 2.34. The summed E-state index contributed by atoms with van der Waals surface area (Å²) in [5.41, 5.74) is 4.80. The van der Waals surface area contributed by atoms with Crippen LogP contribution in [0.2, 0.25) is 0 Å². The number of carboxylic acid groups (broad SMARTS) is 1. The van der Waals surface area contributed by atoms with E-state index in [1.165, 1.54) is 0 Å². The van der Waals surface area contributed by atoms with Crippen molar-refractivity contribution in [1.82, 2.24) is 0 Å². The lowest BCUT2D eigenvalue weighted by Gasteiger charge is -2.35. The number of carboxylic acids is 1. The maximum atomic E-state index is 11.4. The second kappa shape index (κ2) is 12.9. The zero-order valence-electron chi connectivity index (χ0n) is 22.3. The topological polar surface area (TPSA) is 82.8 Å². The lowest BCUT2D eigenvalue weighted by atomic mass is 9.91. The summed E-state index contributed by atoms with van der Waals surface area (Å²) in [5.74, 6) is 1.87. The summed E-state index contributed by atoms with van der Waals surface area (Å²) in [5, 5.41) is 19.0. The molecule has 1 saturated heterocycles. The Balaban J connectivity index is 0.00000353. The highest BCUT2D eigenvalue weighted by Crippen LogP contribution is 2.45. The highest BCUT2D eigenvalue weighted by atomic mass is 32.1. The molecule has 5 rings (SSSR count). The van der Waals surface area contributed by atoms with Crippen LogP contribution < -0.4 is 14.4 Å². The van der Waals surface area contributed by atoms with Crippen molar-refractivity contribution in [2.45, 2.75) is 38.0 Å². The molecule has 6 nitrogen and oxygen atoms in total. The summed E-state index contributed by atoms with van der Waals surface area (Å²) in [6, 6.07) is 24.1. The Labute approximate surface area is 237 Å². The van der Waals surface area contributed by atoms with E-state index in [9.17, 15) is 15.2 Å². The molecule has 3 aromatic rings. The van der Waals surface area contributed by atoms with Crippen LogP contribution >= 0.6 is 13.5 Å². The number of hydrogen-bond donors (Lipinski definition) is 1. The average molecular weight is 545 g/mol. The molecule has 1 aliphatic heterocycles. The van der Waals surface area contributed by atoms with Crippen LogP contribution in [-0.2, 0) is 4.79 Å². The summed E-state index contributed by atoms with van der Waals surface area (Å²) in [6.45, 7) is 2.43. The SMILES string of the molecule is COc1ccc(-c2ccccc2C#N)c(N2CCC(COc3cccc([C@@H](CC(=O)O)C4CC4)c3)CC2)c1.S. The fourth-order valence-corrected chi connectivity index (χ4v) is 5.58. The number of benzene rings is 3. The monoisotopic (exact) mass is 544 g/mol. The molecule has 0 aromatic heterocycles. The van der Waals surface area contributed by atoms with Gasteiger partial charge in [0.1, 0.15) is 11.5 Å². The smallest absolute Gasteiger partial charge is 0.303 e. The Kier molecular flexibility index (Phi) is 9.42. The highest BCUT2D eigenvalue weighted by molar-refractivity contribution is 7.59. The summed E-state index contributed by atoms with van der Waals surface area (Å²) in [6.07, 6.45) is 4.40. The van der Waals surface area contributed by atoms with Gasteiger partial charge in [-0.15, -0.1) is 0 Å². The largest absolute Gasteiger partial charge is 0.497 e. The van der Waals surface area contributed by atoms with Crippen molar-refractivity contribution in [1.29, 1.82) is 5.26 Å². The van der Waals surface area contributed by atoms with Gasteiger partial charge in [0.15, 0.2) is 0 Å². The zero-order valence-corrected chi connectivity index (χ0v) is 23.3. The van der Waals surface area contributed by atoms with E-state index in [-0.39, 0.29) is 25.8 Å². The third kappa shape index (κ3) is 6.88. The summed E-state index contributed by atoms with van der Waals surface area (Å²) in [7, 11) is 1.68. The van der Waals surface area contributed by atoms with E-state index in [0.717, 1.165) is 72.6 Å².